The van der Waals surface area contributed by atoms with Crippen LogP contribution < -0.4 is 5.32 Å². The Morgan fingerprint density at radius 3 is 2.48 bits per heavy atom. The molecule has 0 bridgehead atoms. The lowest BCUT2D eigenvalue weighted by atomic mass is 10.1. The summed E-state index contributed by atoms with van der Waals surface area (Å²) >= 11 is 0. The monoisotopic (exact) mass is 442 g/mol. The SMILES string of the molecule is COC(C)c1c(C)nn(-c2cc(Nc3c(C)c(-c4ccc(C#N)cc4)nn3C)ncn2)c1C. The molecule has 33 heavy (non-hydrogen) atoms. The van der Waals surface area contributed by atoms with Gasteiger partial charge in [0, 0.05) is 42.6 Å². The molecule has 1 aromatic carbocycles. The first kappa shape index (κ1) is 22.2. The van der Waals surface area contributed by atoms with Crippen molar-refractivity contribution >= 4 is 11.6 Å². The molecular weight excluding hydrogens is 416 g/mol. The van der Waals surface area contributed by atoms with E-state index in [2.05, 4.69) is 31.6 Å². The zero-order chi connectivity index (χ0) is 23.7. The molecule has 0 saturated heterocycles. The summed E-state index contributed by atoms with van der Waals surface area (Å²) in [6.07, 6.45) is 1.46. The van der Waals surface area contributed by atoms with E-state index in [1.54, 1.807) is 23.9 Å². The van der Waals surface area contributed by atoms with E-state index in [9.17, 15) is 0 Å². The predicted octanol–water partition coefficient (Wildman–Crippen LogP) is 4.31. The average molecular weight is 443 g/mol. The largest absolute Gasteiger partial charge is 0.377 e. The van der Waals surface area contributed by atoms with Crippen molar-refractivity contribution in [3.63, 3.8) is 0 Å². The molecule has 0 aliphatic rings. The number of hydrogen-bond donors (Lipinski definition) is 1. The van der Waals surface area contributed by atoms with Gasteiger partial charge in [-0.05, 0) is 39.8 Å². The molecule has 0 aliphatic heterocycles. The van der Waals surface area contributed by atoms with Crippen molar-refractivity contribution in [3.05, 3.63) is 64.7 Å². The summed E-state index contributed by atoms with van der Waals surface area (Å²) in [6, 6.07) is 11.4. The van der Waals surface area contributed by atoms with E-state index >= 15 is 0 Å². The Labute approximate surface area is 192 Å². The maximum absolute atomic E-state index is 9.04. The predicted molar refractivity (Wildman–Crippen MR) is 125 cm³/mol. The molecule has 9 nitrogen and oxygen atoms in total. The minimum absolute atomic E-state index is 0.0593. The number of nitriles is 1. The fourth-order valence-corrected chi connectivity index (χ4v) is 4.02. The van der Waals surface area contributed by atoms with Crippen LogP contribution in [0, 0.1) is 32.1 Å². The molecule has 0 spiro atoms. The third kappa shape index (κ3) is 4.08. The summed E-state index contributed by atoms with van der Waals surface area (Å²) in [6.45, 7) is 7.99. The topological polar surface area (TPSA) is 106 Å². The summed E-state index contributed by atoms with van der Waals surface area (Å²) in [5.41, 5.74) is 6.32. The first-order valence-electron chi connectivity index (χ1n) is 10.6. The van der Waals surface area contributed by atoms with Crippen molar-refractivity contribution in [2.45, 2.75) is 33.8 Å². The van der Waals surface area contributed by atoms with Crippen LogP contribution in [0.2, 0.25) is 0 Å². The molecule has 0 radical (unpaired) electrons. The van der Waals surface area contributed by atoms with Gasteiger partial charge in [-0.25, -0.2) is 14.6 Å². The van der Waals surface area contributed by atoms with Crippen molar-refractivity contribution < 1.29 is 4.74 Å². The first-order valence-corrected chi connectivity index (χ1v) is 10.6. The van der Waals surface area contributed by atoms with Gasteiger partial charge in [-0.15, -0.1) is 0 Å². The Bertz CT molecular complexity index is 1340. The first-order chi connectivity index (χ1) is 15.8. The fourth-order valence-electron chi connectivity index (χ4n) is 4.02. The molecule has 0 saturated carbocycles. The second-order valence-electron chi connectivity index (χ2n) is 7.90. The summed E-state index contributed by atoms with van der Waals surface area (Å²) in [7, 11) is 3.57. The van der Waals surface area contributed by atoms with Crippen LogP contribution in [-0.2, 0) is 11.8 Å². The van der Waals surface area contributed by atoms with Crippen molar-refractivity contribution in [3.8, 4) is 23.1 Å². The quantitative estimate of drug-likeness (QED) is 0.474. The number of aromatic nitrogens is 6. The lowest BCUT2D eigenvalue weighted by molar-refractivity contribution is 0.118. The van der Waals surface area contributed by atoms with Crippen LogP contribution in [0.25, 0.3) is 17.1 Å². The summed E-state index contributed by atoms with van der Waals surface area (Å²) in [4.78, 5) is 8.82. The number of hydrogen-bond acceptors (Lipinski definition) is 7. The van der Waals surface area contributed by atoms with Crippen LogP contribution in [-0.4, -0.2) is 36.6 Å². The molecule has 9 heteroatoms. The highest BCUT2D eigenvalue weighted by molar-refractivity contribution is 5.71. The maximum Gasteiger partial charge on any atom is 0.159 e. The van der Waals surface area contributed by atoms with Gasteiger partial charge in [-0.2, -0.15) is 15.5 Å². The maximum atomic E-state index is 9.04. The zero-order valence-electron chi connectivity index (χ0n) is 19.6. The number of benzene rings is 1. The number of aryl methyl sites for hydroxylation is 2. The zero-order valence-corrected chi connectivity index (χ0v) is 19.6. The van der Waals surface area contributed by atoms with Crippen LogP contribution in [0.3, 0.4) is 0 Å². The van der Waals surface area contributed by atoms with Crippen LogP contribution >= 0.6 is 0 Å². The van der Waals surface area contributed by atoms with Crippen LogP contribution in [0.4, 0.5) is 11.6 Å². The lowest BCUT2D eigenvalue weighted by Crippen LogP contribution is -2.07. The molecule has 3 heterocycles. The Balaban J connectivity index is 1.66. The van der Waals surface area contributed by atoms with Gasteiger partial charge in [0.05, 0.1) is 29.1 Å². The second-order valence-corrected chi connectivity index (χ2v) is 7.90. The molecule has 0 aliphatic carbocycles. The van der Waals surface area contributed by atoms with Crippen molar-refractivity contribution in [1.29, 1.82) is 5.26 Å². The molecule has 4 aromatic rings. The molecule has 1 atom stereocenters. The van der Waals surface area contributed by atoms with E-state index in [4.69, 9.17) is 10.00 Å². The average Bonchev–Trinajstić information content (AvgIpc) is 3.28. The Kier molecular flexibility index (Phi) is 5.94. The van der Waals surface area contributed by atoms with Gasteiger partial charge < -0.3 is 10.1 Å². The molecule has 0 amide bonds. The molecule has 168 valence electrons. The number of ether oxygens (including phenoxy) is 1. The number of rotatable bonds is 6. The van der Waals surface area contributed by atoms with Gasteiger partial charge in [-0.1, -0.05) is 12.1 Å². The minimum Gasteiger partial charge on any atom is -0.377 e. The third-order valence-corrected chi connectivity index (χ3v) is 5.79. The van der Waals surface area contributed by atoms with Gasteiger partial charge in [0.2, 0.25) is 0 Å². The van der Waals surface area contributed by atoms with Crippen molar-refractivity contribution in [2.24, 2.45) is 7.05 Å². The van der Waals surface area contributed by atoms with Crippen LogP contribution in [0.5, 0.6) is 0 Å². The van der Waals surface area contributed by atoms with Gasteiger partial charge >= 0.3 is 0 Å². The van der Waals surface area contributed by atoms with Crippen LogP contribution in [0.15, 0.2) is 36.7 Å². The molecule has 3 aromatic heterocycles. The van der Waals surface area contributed by atoms with Crippen molar-refractivity contribution in [1.82, 2.24) is 29.5 Å². The Morgan fingerprint density at radius 2 is 1.82 bits per heavy atom. The van der Waals surface area contributed by atoms with E-state index in [1.807, 2.05) is 57.6 Å². The Morgan fingerprint density at radius 1 is 1.09 bits per heavy atom. The minimum atomic E-state index is -0.0593. The third-order valence-electron chi connectivity index (χ3n) is 5.79. The highest BCUT2D eigenvalue weighted by atomic mass is 16.5. The van der Waals surface area contributed by atoms with Gasteiger partial charge in [0.25, 0.3) is 0 Å². The number of nitrogens with zero attached hydrogens (tertiary/aromatic N) is 7. The highest BCUT2D eigenvalue weighted by Gasteiger charge is 2.19. The van der Waals surface area contributed by atoms with Gasteiger partial charge in [0.1, 0.15) is 18.0 Å². The van der Waals surface area contributed by atoms with Crippen molar-refractivity contribution in [2.75, 3.05) is 12.4 Å². The number of methoxy groups -OCH3 is 1. The Hall–Kier alpha value is -4.03. The smallest absolute Gasteiger partial charge is 0.159 e. The van der Waals surface area contributed by atoms with Gasteiger partial charge in [-0.3, -0.25) is 4.68 Å². The molecule has 1 unspecified atom stereocenters. The molecular formula is C24H26N8O. The number of anilines is 2. The lowest BCUT2D eigenvalue weighted by Gasteiger charge is -2.11. The summed E-state index contributed by atoms with van der Waals surface area (Å²) in [5.74, 6) is 2.11. The summed E-state index contributed by atoms with van der Waals surface area (Å²) < 4.78 is 9.10. The van der Waals surface area contributed by atoms with Gasteiger partial charge in [0.15, 0.2) is 5.82 Å². The fraction of sp³-hybridized carbons (Fsp3) is 0.292. The molecule has 1 N–H and O–H groups in total. The van der Waals surface area contributed by atoms with E-state index in [-0.39, 0.29) is 6.10 Å². The van der Waals surface area contributed by atoms with E-state index in [1.165, 1.54) is 6.33 Å². The highest BCUT2D eigenvalue weighted by Crippen LogP contribution is 2.30. The van der Waals surface area contributed by atoms with E-state index in [0.29, 0.717) is 17.2 Å². The molecule has 0 fully saturated rings. The standard InChI is InChI=1S/C24H26N8O/c1-14-23(19-9-7-18(12-25)8-10-19)30-31(5)24(14)28-20-11-21(27-13-26-20)32-16(3)22(15(2)29-32)17(4)33-6/h7-11,13,17H,1-6H3,(H,26,27,28). The second kappa shape index (κ2) is 8.84. The van der Waals surface area contributed by atoms with Crippen LogP contribution in [0.1, 0.15) is 41.1 Å². The number of nitrogens with one attached hydrogen (secondary N) is 1. The van der Waals surface area contributed by atoms with E-state index < -0.39 is 0 Å². The van der Waals surface area contributed by atoms with E-state index in [0.717, 1.165) is 39.6 Å². The summed E-state index contributed by atoms with van der Waals surface area (Å²) in [5, 5.41) is 21.7. The molecule has 4 rings (SSSR count). The normalized spacial score (nSPS) is 11.9.